The van der Waals surface area contributed by atoms with Crippen molar-refractivity contribution in [2.75, 3.05) is 5.32 Å². The molecule has 0 atom stereocenters. The molecular weight excluding hydrogens is 230 g/mol. The quantitative estimate of drug-likeness (QED) is 0.873. The van der Waals surface area contributed by atoms with Gasteiger partial charge in [-0.3, -0.25) is 4.79 Å². The molecule has 0 aliphatic heterocycles. The van der Waals surface area contributed by atoms with Gasteiger partial charge in [-0.25, -0.2) is 0 Å². The van der Waals surface area contributed by atoms with Crippen molar-refractivity contribution >= 4 is 11.6 Å². The maximum absolute atomic E-state index is 11.1. The normalized spacial score (nSPS) is 10.4. The molecule has 1 aromatic heterocycles. The Labute approximate surface area is 105 Å². The Morgan fingerprint density at radius 3 is 2.72 bits per heavy atom. The van der Waals surface area contributed by atoms with Crippen molar-refractivity contribution in [3.8, 4) is 11.3 Å². The van der Waals surface area contributed by atoms with Crippen LogP contribution in [-0.4, -0.2) is 11.0 Å². The van der Waals surface area contributed by atoms with Crippen LogP contribution in [0.4, 0.5) is 5.69 Å². The number of carbonyl (C=O) groups is 1. The molecule has 0 aliphatic rings. The first-order valence-corrected chi connectivity index (χ1v) is 5.68. The van der Waals surface area contributed by atoms with Crippen LogP contribution in [0.2, 0.25) is 0 Å². The molecule has 0 fully saturated rings. The third-order valence-corrected chi connectivity index (χ3v) is 2.65. The molecule has 0 aliphatic carbocycles. The van der Waals surface area contributed by atoms with E-state index in [0.29, 0.717) is 11.5 Å². The number of aliphatic hydroxyl groups is 1. The lowest BCUT2D eigenvalue weighted by Crippen LogP contribution is -2.07. The summed E-state index contributed by atoms with van der Waals surface area (Å²) >= 11 is 0. The number of aryl methyl sites for hydroxylation is 1. The largest absolute Gasteiger partial charge is 0.459 e. The fourth-order valence-electron chi connectivity index (χ4n) is 1.72. The smallest absolute Gasteiger partial charge is 0.221 e. The molecule has 1 aromatic carbocycles. The molecule has 0 saturated heterocycles. The van der Waals surface area contributed by atoms with Crippen molar-refractivity contribution < 1.29 is 14.3 Å². The lowest BCUT2D eigenvalue weighted by atomic mass is 10.1. The van der Waals surface area contributed by atoms with Crippen molar-refractivity contribution in [1.82, 2.24) is 0 Å². The number of aliphatic hydroxyl groups excluding tert-OH is 1. The molecule has 0 unspecified atom stereocenters. The summed E-state index contributed by atoms with van der Waals surface area (Å²) in [6.45, 7) is 3.28. The molecule has 0 radical (unpaired) electrons. The van der Waals surface area contributed by atoms with E-state index in [1.807, 2.05) is 25.1 Å². The zero-order valence-corrected chi connectivity index (χ0v) is 10.4. The Bertz CT molecular complexity index is 572. The van der Waals surface area contributed by atoms with Gasteiger partial charge in [0.25, 0.3) is 0 Å². The Balaban J connectivity index is 2.36. The van der Waals surface area contributed by atoms with Crippen LogP contribution in [0.5, 0.6) is 0 Å². The van der Waals surface area contributed by atoms with Crippen LogP contribution in [0, 0.1) is 6.92 Å². The third kappa shape index (κ3) is 2.60. The Kier molecular flexibility index (Phi) is 3.48. The SMILES string of the molecule is CC(=O)Nc1cc(-c2ccc(CO)o2)ccc1C. The minimum absolute atomic E-state index is 0.106. The van der Waals surface area contributed by atoms with Crippen molar-refractivity contribution in [1.29, 1.82) is 0 Å². The number of carbonyl (C=O) groups excluding carboxylic acids is 1. The van der Waals surface area contributed by atoms with Gasteiger partial charge in [0.2, 0.25) is 5.91 Å². The number of rotatable bonds is 3. The number of hydrogen-bond donors (Lipinski definition) is 2. The van der Waals surface area contributed by atoms with E-state index in [0.717, 1.165) is 16.8 Å². The van der Waals surface area contributed by atoms with Gasteiger partial charge in [-0.05, 0) is 30.7 Å². The molecule has 2 rings (SSSR count). The minimum atomic E-state index is -0.121. The summed E-state index contributed by atoms with van der Waals surface area (Å²) in [4.78, 5) is 11.1. The van der Waals surface area contributed by atoms with Crippen LogP contribution >= 0.6 is 0 Å². The predicted octanol–water partition coefficient (Wildman–Crippen LogP) is 2.71. The van der Waals surface area contributed by atoms with Crippen molar-refractivity contribution in [3.63, 3.8) is 0 Å². The first-order valence-electron chi connectivity index (χ1n) is 5.68. The molecule has 1 heterocycles. The zero-order chi connectivity index (χ0) is 13.1. The third-order valence-electron chi connectivity index (χ3n) is 2.65. The second-order valence-corrected chi connectivity index (χ2v) is 4.13. The van der Waals surface area contributed by atoms with Gasteiger partial charge in [-0.1, -0.05) is 12.1 Å². The highest BCUT2D eigenvalue weighted by Crippen LogP contribution is 2.27. The summed E-state index contributed by atoms with van der Waals surface area (Å²) in [5.41, 5.74) is 2.62. The lowest BCUT2D eigenvalue weighted by molar-refractivity contribution is -0.114. The second kappa shape index (κ2) is 5.06. The number of furan rings is 1. The van der Waals surface area contributed by atoms with Gasteiger partial charge in [-0.2, -0.15) is 0 Å². The van der Waals surface area contributed by atoms with E-state index in [9.17, 15) is 4.79 Å². The molecule has 0 saturated carbocycles. The van der Waals surface area contributed by atoms with E-state index in [1.165, 1.54) is 6.92 Å². The number of hydrogen-bond acceptors (Lipinski definition) is 3. The molecule has 2 aromatic rings. The van der Waals surface area contributed by atoms with Crippen molar-refractivity contribution in [2.24, 2.45) is 0 Å². The molecule has 2 N–H and O–H groups in total. The van der Waals surface area contributed by atoms with Crippen LogP contribution in [-0.2, 0) is 11.4 Å². The van der Waals surface area contributed by atoms with Gasteiger partial charge >= 0.3 is 0 Å². The maximum Gasteiger partial charge on any atom is 0.221 e. The highest BCUT2D eigenvalue weighted by Gasteiger charge is 2.07. The number of nitrogens with one attached hydrogen (secondary N) is 1. The fourth-order valence-corrected chi connectivity index (χ4v) is 1.72. The second-order valence-electron chi connectivity index (χ2n) is 4.13. The van der Waals surface area contributed by atoms with Gasteiger partial charge in [0.15, 0.2) is 0 Å². The minimum Gasteiger partial charge on any atom is -0.459 e. The van der Waals surface area contributed by atoms with E-state index in [-0.39, 0.29) is 12.5 Å². The average Bonchev–Trinajstić information content (AvgIpc) is 2.80. The van der Waals surface area contributed by atoms with Gasteiger partial charge in [0, 0.05) is 18.2 Å². The van der Waals surface area contributed by atoms with E-state index >= 15 is 0 Å². The summed E-state index contributed by atoms with van der Waals surface area (Å²) < 4.78 is 5.46. The van der Waals surface area contributed by atoms with Crippen LogP contribution in [0.25, 0.3) is 11.3 Å². The summed E-state index contributed by atoms with van der Waals surface area (Å²) in [6.07, 6.45) is 0. The topological polar surface area (TPSA) is 62.5 Å². The first-order chi connectivity index (χ1) is 8.60. The zero-order valence-electron chi connectivity index (χ0n) is 10.4. The molecule has 4 heteroatoms. The molecule has 1 amide bonds. The van der Waals surface area contributed by atoms with E-state index < -0.39 is 0 Å². The van der Waals surface area contributed by atoms with E-state index in [4.69, 9.17) is 9.52 Å². The Morgan fingerprint density at radius 2 is 2.11 bits per heavy atom. The van der Waals surface area contributed by atoms with Gasteiger partial charge in [-0.15, -0.1) is 0 Å². The summed E-state index contributed by atoms with van der Waals surface area (Å²) in [5, 5.41) is 11.7. The lowest BCUT2D eigenvalue weighted by Gasteiger charge is -2.08. The molecule has 4 nitrogen and oxygen atoms in total. The first kappa shape index (κ1) is 12.4. The average molecular weight is 245 g/mol. The highest BCUT2D eigenvalue weighted by atomic mass is 16.4. The summed E-state index contributed by atoms with van der Waals surface area (Å²) in [5.74, 6) is 1.09. The van der Waals surface area contributed by atoms with Crippen LogP contribution < -0.4 is 5.32 Å². The Morgan fingerprint density at radius 1 is 1.33 bits per heavy atom. The highest BCUT2D eigenvalue weighted by molar-refractivity contribution is 5.90. The molecule has 0 spiro atoms. The molecule has 0 bridgehead atoms. The van der Waals surface area contributed by atoms with Crippen LogP contribution in [0.1, 0.15) is 18.2 Å². The molecular formula is C14H15NO3. The predicted molar refractivity (Wildman–Crippen MR) is 69.1 cm³/mol. The standard InChI is InChI=1S/C14H15NO3/c1-9-3-4-11(7-13(9)15-10(2)17)14-6-5-12(8-16)18-14/h3-7,16H,8H2,1-2H3,(H,15,17). The number of benzene rings is 1. The van der Waals surface area contributed by atoms with Crippen molar-refractivity contribution in [2.45, 2.75) is 20.5 Å². The van der Waals surface area contributed by atoms with Gasteiger partial charge in [0.1, 0.15) is 18.1 Å². The van der Waals surface area contributed by atoms with Gasteiger partial charge in [0.05, 0.1) is 0 Å². The number of amides is 1. The van der Waals surface area contributed by atoms with E-state index in [2.05, 4.69) is 5.32 Å². The molecule has 94 valence electrons. The van der Waals surface area contributed by atoms with Crippen LogP contribution in [0.15, 0.2) is 34.7 Å². The molecule has 18 heavy (non-hydrogen) atoms. The fraction of sp³-hybridized carbons (Fsp3) is 0.214. The summed E-state index contributed by atoms with van der Waals surface area (Å²) in [7, 11) is 0. The number of anilines is 1. The maximum atomic E-state index is 11.1. The monoisotopic (exact) mass is 245 g/mol. The van der Waals surface area contributed by atoms with Gasteiger partial charge < -0.3 is 14.8 Å². The van der Waals surface area contributed by atoms with Crippen LogP contribution in [0.3, 0.4) is 0 Å². The van der Waals surface area contributed by atoms with Crippen molar-refractivity contribution in [3.05, 3.63) is 41.7 Å². The Hall–Kier alpha value is -2.07. The van der Waals surface area contributed by atoms with E-state index in [1.54, 1.807) is 12.1 Å². The summed E-state index contributed by atoms with van der Waals surface area (Å²) in [6, 6.07) is 9.22.